The zero-order valence-electron chi connectivity index (χ0n) is 48.5. The van der Waals surface area contributed by atoms with Gasteiger partial charge >= 0.3 is 0 Å². The monoisotopic (exact) mass is 1220 g/mol. The van der Waals surface area contributed by atoms with Crippen LogP contribution in [0.25, 0.3) is 28.6 Å². The van der Waals surface area contributed by atoms with Crippen molar-refractivity contribution < 1.29 is 19.0 Å². The van der Waals surface area contributed by atoms with Crippen molar-refractivity contribution >= 4 is 47.0 Å². The summed E-state index contributed by atoms with van der Waals surface area (Å²) in [5, 5.41) is 2.23. The van der Waals surface area contributed by atoms with Gasteiger partial charge in [-0.25, -0.2) is 9.97 Å². The molecule has 0 aliphatic heterocycles. The van der Waals surface area contributed by atoms with E-state index in [1.807, 2.05) is 34.3 Å². The largest absolute Gasteiger partial charge is 0.493 e. The molecule has 0 N–H and O–H groups in total. The molecule has 14 heteroatoms. The van der Waals surface area contributed by atoms with Crippen molar-refractivity contribution in [3.05, 3.63) is 198 Å². The first-order valence-electron chi connectivity index (χ1n) is 28.6. The van der Waals surface area contributed by atoms with Crippen LogP contribution in [0.15, 0.2) is 148 Å². The van der Waals surface area contributed by atoms with E-state index in [0.717, 1.165) is 112 Å². The summed E-state index contributed by atoms with van der Waals surface area (Å²) in [5.41, 5.74) is 12.6. The van der Waals surface area contributed by atoms with Gasteiger partial charge < -0.3 is 19.1 Å². The molecule has 0 radical (unpaired) electrons. The molecule has 11 nitrogen and oxygen atoms in total. The highest BCUT2D eigenvalue weighted by atomic mass is 35.5. The molecule has 2 saturated carbocycles. The zero-order valence-corrected chi connectivity index (χ0v) is 50.9. The second-order valence-corrected chi connectivity index (χ2v) is 24.4. The number of nitrogens with zero attached hydrogens (tertiary/aromatic N) is 5. The third kappa shape index (κ3) is 15.2. The van der Waals surface area contributed by atoms with Gasteiger partial charge in [0.15, 0.2) is 27.6 Å². The Bertz CT molecular complexity index is 3560. The number of hydrogen-bond donors (Lipinski definition) is 0. The fourth-order valence-electron chi connectivity index (χ4n) is 12.3. The molecule has 4 aliphatic rings. The fourth-order valence-corrected chi connectivity index (χ4v) is 14.6. The lowest BCUT2D eigenvalue weighted by atomic mass is 9.62. The number of fused-ring (bicyclic) bond motifs is 8. The van der Waals surface area contributed by atoms with Crippen molar-refractivity contribution in [2.24, 2.45) is 0 Å². The van der Waals surface area contributed by atoms with Crippen LogP contribution in [0.4, 0.5) is 0 Å². The van der Waals surface area contributed by atoms with Crippen LogP contribution in [-0.2, 0) is 42.5 Å². The second-order valence-electron chi connectivity index (χ2n) is 22.0. The van der Waals surface area contributed by atoms with Crippen molar-refractivity contribution in [1.82, 2.24) is 24.0 Å². The summed E-state index contributed by atoms with van der Waals surface area (Å²) in [4.78, 5) is 52.3. The summed E-state index contributed by atoms with van der Waals surface area (Å²) in [6.07, 6.45) is 17.4. The van der Waals surface area contributed by atoms with Crippen LogP contribution in [0.5, 0.6) is 17.2 Å². The van der Waals surface area contributed by atoms with Gasteiger partial charge in [0.05, 0.1) is 43.8 Å². The highest BCUT2D eigenvalue weighted by Gasteiger charge is 2.45. The van der Waals surface area contributed by atoms with E-state index in [4.69, 9.17) is 35.8 Å². The van der Waals surface area contributed by atoms with Crippen LogP contribution in [0.2, 0.25) is 5.02 Å². The lowest BCUT2D eigenvalue weighted by Crippen LogP contribution is -2.43. The Hall–Kier alpha value is -6.64. The molecule has 0 amide bonds. The molecule has 2 fully saturated rings. The summed E-state index contributed by atoms with van der Waals surface area (Å²) in [7, 11) is 8.77. The average molecular weight is 1220 g/mol. The van der Waals surface area contributed by atoms with Gasteiger partial charge in [-0.05, 0) is 119 Å². The van der Waals surface area contributed by atoms with E-state index in [2.05, 4.69) is 105 Å². The predicted molar refractivity (Wildman–Crippen MR) is 364 cm³/mol. The lowest BCUT2D eigenvalue weighted by molar-refractivity contribution is 0.104. The normalized spacial score (nSPS) is 14.4. The van der Waals surface area contributed by atoms with Gasteiger partial charge in [0.25, 0.3) is 11.1 Å². The first-order chi connectivity index (χ1) is 39.8. The maximum atomic E-state index is 13.9. The molecule has 2 aromatic heterocycles. The number of aryl methyl sites for hydroxylation is 1. The smallest absolute Gasteiger partial charge is 0.258 e. The number of aromatic nitrogens is 4. The Morgan fingerprint density at radius 2 is 1.20 bits per heavy atom. The Morgan fingerprint density at radius 3 is 1.70 bits per heavy atom. The molecule has 2 heterocycles. The summed E-state index contributed by atoms with van der Waals surface area (Å²) in [6.45, 7) is 9.97. The van der Waals surface area contributed by atoms with Gasteiger partial charge in [0.2, 0.25) is 5.75 Å². The molecular weight excluding hydrogens is 1130 g/mol. The van der Waals surface area contributed by atoms with Gasteiger partial charge in [-0.15, -0.1) is 6.58 Å². The molecule has 5 aromatic carbocycles. The Morgan fingerprint density at radius 1 is 0.686 bits per heavy atom. The number of carbonyl (C=O) groups excluding carboxylic acids is 1. The number of carbonyl (C=O) groups is 1. The van der Waals surface area contributed by atoms with Gasteiger partial charge in [-0.3, -0.25) is 23.5 Å². The molecular formula is C72H92ClN5O6S2. The van der Waals surface area contributed by atoms with Crippen molar-refractivity contribution in [3.8, 4) is 39.8 Å². The van der Waals surface area contributed by atoms with Crippen LogP contribution in [0.1, 0.15) is 144 Å². The topological polar surface area (TPSA) is 118 Å². The number of methoxy groups -OCH3 is 3. The second kappa shape index (κ2) is 31.8. The van der Waals surface area contributed by atoms with E-state index in [9.17, 15) is 14.4 Å². The van der Waals surface area contributed by atoms with Crippen LogP contribution in [-0.4, -0.2) is 77.5 Å². The molecule has 0 bridgehead atoms. The zero-order chi connectivity index (χ0) is 58.0. The lowest BCUT2D eigenvalue weighted by Gasteiger charge is -2.42. The average Bonchev–Trinajstić information content (AvgIpc) is 2.66. The maximum Gasteiger partial charge on any atom is 0.258 e. The van der Waals surface area contributed by atoms with E-state index in [1.54, 1.807) is 75.2 Å². The number of allylic oxidation sites excluding steroid dienone is 2. The van der Waals surface area contributed by atoms with Crippen molar-refractivity contribution in [2.75, 3.05) is 47.7 Å². The number of ketones is 1. The molecule has 2 spiro atoms. The molecule has 4 aliphatic carbocycles. The van der Waals surface area contributed by atoms with Crippen molar-refractivity contribution in [1.29, 1.82) is 0 Å². The summed E-state index contributed by atoms with van der Waals surface area (Å²) in [5.74, 6) is 3.16. The third-order valence-corrected chi connectivity index (χ3v) is 18.9. The van der Waals surface area contributed by atoms with Gasteiger partial charge in [-0.2, -0.15) is 0 Å². The summed E-state index contributed by atoms with van der Waals surface area (Å²) < 4.78 is 19.6. The Kier molecular flexibility index (Phi) is 26.0. The van der Waals surface area contributed by atoms with E-state index in [1.165, 1.54) is 54.9 Å². The van der Waals surface area contributed by atoms with Gasteiger partial charge in [-0.1, -0.05) is 200 Å². The van der Waals surface area contributed by atoms with Gasteiger partial charge in [0.1, 0.15) is 0 Å². The van der Waals surface area contributed by atoms with Crippen LogP contribution >= 0.6 is 35.1 Å². The number of benzene rings is 5. The van der Waals surface area contributed by atoms with Crippen LogP contribution in [0.3, 0.4) is 0 Å². The van der Waals surface area contributed by atoms with Crippen LogP contribution < -0.4 is 25.3 Å². The highest BCUT2D eigenvalue weighted by Crippen LogP contribution is 2.51. The molecule has 0 saturated heterocycles. The van der Waals surface area contributed by atoms with E-state index < -0.39 is 0 Å². The molecule has 86 heavy (non-hydrogen) atoms. The Balaban J connectivity index is 0.000000232. The summed E-state index contributed by atoms with van der Waals surface area (Å²) in [6, 6.07) is 36.3. The fraction of sp³-hybridized carbons (Fsp3) is 0.403. The number of ether oxygens (including phenoxy) is 3. The number of thioether (sulfide) groups is 2. The number of halogens is 1. The van der Waals surface area contributed by atoms with E-state index in [-0.39, 0.29) is 57.4 Å². The minimum absolute atomic E-state index is 0. The van der Waals surface area contributed by atoms with E-state index >= 15 is 0 Å². The Labute approximate surface area is 526 Å². The molecule has 11 rings (SSSR count). The van der Waals surface area contributed by atoms with E-state index in [0.29, 0.717) is 40.9 Å². The highest BCUT2D eigenvalue weighted by molar-refractivity contribution is 7.99. The first-order valence-corrected chi connectivity index (χ1v) is 30.9. The van der Waals surface area contributed by atoms with Crippen LogP contribution in [0, 0.1) is 6.92 Å². The standard InChI is InChI=1S/C25H26N2OS.C24H31N3OS.C19H19ClO4.4CH4/c1-2-27-23(28)21-22(26-24(27)29-17-18-10-4-3-5-11-18)20-13-7-6-12-19(20)16-25(21)14-8-9-15-25;1-4-14-27-22(28)20-21(25-23(27)29-16-15-26(2)3)19-11-7-6-10-18(19)17-24(20)12-8-5-9-13-24;1-12-5-7-14(11-15(12)20)16(21)8-6-13-9-17(22-2)19(24-4)18(10-13)23-3;;;;/h3-7,10-13H,2,8-9,14-17H2,1H3;4,6-7,10-11H,1,5,8-9,12-17H2,2-3H3;5-11H,1-4H3;4*1H4/b;;8-6+;;;;. The molecule has 7 aromatic rings. The third-order valence-electron chi connectivity index (χ3n) is 16.5. The maximum absolute atomic E-state index is 13.9. The van der Waals surface area contributed by atoms with Gasteiger partial charge in [0, 0.05) is 63.7 Å². The first kappa shape index (κ1) is 70.1. The van der Waals surface area contributed by atoms with Crippen molar-refractivity contribution in [2.45, 2.75) is 154 Å². The number of hydrogen-bond acceptors (Lipinski definition) is 11. The predicted octanol–water partition coefficient (Wildman–Crippen LogP) is 17.2. The minimum Gasteiger partial charge on any atom is -0.493 e. The summed E-state index contributed by atoms with van der Waals surface area (Å²) >= 11 is 9.41. The minimum atomic E-state index is -0.134. The molecule has 0 unspecified atom stereocenters. The SMILES string of the molecule is C.C.C.C.C=CCn1c(SCCN(C)C)nc2c(c1=O)C1(CCCCC1)Cc1ccccc1-2.CCn1c(SCc2ccccc2)nc2c(c1=O)C1(CCCC1)Cc1ccccc1-2.COc1cc(/C=C/C(=O)c2ccc(C)c(Cl)c2)cc(OC)c1OC. The molecule has 460 valence electrons. The molecule has 0 atom stereocenters. The quantitative estimate of drug-likeness (QED) is 0.0303. The van der Waals surface area contributed by atoms with Crippen molar-refractivity contribution in [3.63, 3.8) is 0 Å². The number of rotatable bonds is 16.